The smallest absolute Gasteiger partial charge is 0.222 e. The molecular weight excluding hydrogens is 264 g/mol. The summed E-state index contributed by atoms with van der Waals surface area (Å²) in [5, 5.41) is 1.11. The van der Waals surface area contributed by atoms with Gasteiger partial charge in [0, 0.05) is 44.8 Å². The van der Waals surface area contributed by atoms with Crippen LogP contribution in [0, 0.1) is 5.92 Å². The van der Waals surface area contributed by atoms with Crippen LogP contribution in [0.5, 0.6) is 0 Å². The van der Waals surface area contributed by atoms with E-state index < -0.39 is 0 Å². The third kappa shape index (κ3) is 3.22. The van der Waals surface area contributed by atoms with Gasteiger partial charge >= 0.3 is 0 Å². The SMILES string of the molecule is CN(Cc1cccc2cccnc12)C(=O)CC1CCOC1. The van der Waals surface area contributed by atoms with Crippen molar-refractivity contribution in [3.05, 3.63) is 42.1 Å². The van der Waals surface area contributed by atoms with E-state index in [1.54, 1.807) is 11.1 Å². The molecule has 1 saturated heterocycles. The average Bonchev–Trinajstić information content (AvgIpc) is 3.00. The van der Waals surface area contributed by atoms with Crippen LogP contribution in [0.15, 0.2) is 36.5 Å². The van der Waals surface area contributed by atoms with Crippen LogP contribution in [0.4, 0.5) is 0 Å². The van der Waals surface area contributed by atoms with Crippen molar-refractivity contribution in [3.63, 3.8) is 0 Å². The number of carbonyl (C=O) groups excluding carboxylic acids is 1. The van der Waals surface area contributed by atoms with Crippen molar-refractivity contribution in [1.82, 2.24) is 9.88 Å². The number of ether oxygens (including phenoxy) is 1. The molecule has 1 aliphatic heterocycles. The van der Waals surface area contributed by atoms with Crippen LogP contribution in [0.3, 0.4) is 0 Å². The van der Waals surface area contributed by atoms with E-state index in [2.05, 4.69) is 4.98 Å². The van der Waals surface area contributed by atoms with Gasteiger partial charge in [0.1, 0.15) is 0 Å². The average molecular weight is 284 g/mol. The first-order chi connectivity index (χ1) is 10.2. The zero-order valence-electron chi connectivity index (χ0n) is 12.3. The molecule has 1 aromatic heterocycles. The van der Waals surface area contributed by atoms with E-state index in [0.29, 0.717) is 18.9 Å². The molecule has 3 rings (SSSR count). The van der Waals surface area contributed by atoms with Crippen molar-refractivity contribution in [1.29, 1.82) is 0 Å². The fourth-order valence-electron chi connectivity index (χ4n) is 2.79. The van der Waals surface area contributed by atoms with E-state index >= 15 is 0 Å². The first-order valence-electron chi connectivity index (χ1n) is 7.38. The molecule has 21 heavy (non-hydrogen) atoms. The standard InChI is InChI=1S/C17H20N2O2/c1-19(16(20)10-13-7-9-21-12-13)11-15-5-2-4-14-6-3-8-18-17(14)15/h2-6,8,13H,7,9-12H2,1H3. The number of aromatic nitrogens is 1. The Morgan fingerprint density at radius 2 is 2.24 bits per heavy atom. The number of amides is 1. The second-order valence-corrected chi connectivity index (χ2v) is 5.68. The zero-order chi connectivity index (χ0) is 14.7. The lowest BCUT2D eigenvalue weighted by Crippen LogP contribution is -2.28. The number of rotatable bonds is 4. The molecule has 110 valence electrons. The number of benzene rings is 1. The van der Waals surface area contributed by atoms with Gasteiger partial charge in [-0.1, -0.05) is 24.3 Å². The van der Waals surface area contributed by atoms with Gasteiger partial charge in [-0.2, -0.15) is 0 Å². The Labute approximate surface area is 124 Å². The van der Waals surface area contributed by atoms with Gasteiger partial charge in [0.25, 0.3) is 0 Å². The Morgan fingerprint density at radius 3 is 3.05 bits per heavy atom. The van der Waals surface area contributed by atoms with E-state index in [-0.39, 0.29) is 5.91 Å². The molecule has 1 fully saturated rings. The first-order valence-corrected chi connectivity index (χ1v) is 7.38. The summed E-state index contributed by atoms with van der Waals surface area (Å²) in [5.41, 5.74) is 2.07. The van der Waals surface area contributed by atoms with Crippen LogP contribution in [-0.4, -0.2) is 36.1 Å². The molecular formula is C17H20N2O2. The number of carbonyl (C=O) groups is 1. The molecule has 1 unspecified atom stereocenters. The normalized spacial score (nSPS) is 18.0. The lowest BCUT2D eigenvalue weighted by Gasteiger charge is -2.19. The first kappa shape index (κ1) is 14.0. The van der Waals surface area contributed by atoms with Gasteiger partial charge in [-0.05, 0) is 24.0 Å². The molecule has 1 amide bonds. The second kappa shape index (κ2) is 6.22. The topological polar surface area (TPSA) is 42.4 Å². The minimum atomic E-state index is 0.179. The maximum atomic E-state index is 12.3. The molecule has 0 radical (unpaired) electrons. The van der Waals surface area contributed by atoms with Gasteiger partial charge in [0.05, 0.1) is 5.52 Å². The predicted octanol–water partition coefficient (Wildman–Crippen LogP) is 2.62. The third-order valence-electron chi connectivity index (χ3n) is 4.04. The quantitative estimate of drug-likeness (QED) is 0.866. The molecule has 2 aromatic rings. The summed E-state index contributed by atoms with van der Waals surface area (Å²) in [6.07, 6.45) is 3.37. The van der Waals surface area contributed by atoms with Crippen LogP contribution in [-0.2, 0) is 16.1 Å². The zero-order valence-corrected chi connectivity index (χ0v) is 12.3. The van der Waals surface area contributed by atoms with Crippen molar-refractivity contribution in [2.75, 3.05) is 20.3 Å². The Morgan fingerprint density at radius 1 is 1.38 bits per heavy atom. The Hall–Kier alpha value is -1.94. The summed E-state index contributed by atoms with van der Waals surface area (Å²) >= 11 is 0. The number of fused-ring (bicyclic) bond motifs is 1. The van der Waals surface area contributed by atoms with Gasteiger partial charge in [-0.3, -0.25) is 9.78 Å². The van der Waals surface area contributed by atoms with Gasteiger partial charge in [-0.25, -0.2) is 0 Å². The lowest BCUT2D eigenvalue weighted by molar-refractivity contribution is -0.131. The van der Waals surface area contributed by atoms with Crippen LogP contribution < -0.4 is 0 Å². The maximum Gasteiger partial charge on any atom is 0.222 e. The number of hydrogen-bond donors (Lipinski definition) is 0. The highest BCUT2D eigenvalue weighted by atomic mass is 16.5. The number of para-hydroxylation sites is 1. The maximum absolute atomic E-state index is 12.3. The summed E-state index contributed by atoms with van der Waals surface area (Å²) < 4.78 is 5.33. The molecule has 0 bridgehead atoms. The highest BCUT2D eigenvalue weighted by Crippen LogP contribution is 2.20. The Bertz CT molecular complexity index is 630. The molecule has 0 aliphatic carbocycles. The summed E-state index contributed by atoms with van der Waals surface area (Å²) in [6, 6.07) is 10.1. The third-order valence-corrected chi connectivity index (χ3v) is 4.04. The largest absolute Gasteiger partial charge is 0.381 e. The highest BCUT2D eigenvalue weighted by molar-refractivity contribution is 5.82. The lowest BCUT2D eigenvalue weighted by atomic mass is 10.0. The van der Waals surface area contributed by atoms with Crippen molar-refractivity contribution < 1.29 is 9.53 Å². The van der Waals surface area contributed by atoms with Crippen LogP contribution in [0.2, 0.25) is 0 Å². The predicted molar refractivity (Wildman–Crippen MR) is 81.8 cm³/mol. The van der Waals surface area contributed by atoms with E-state index in [4.69, 9.17) is 4.74 Å². The summed E-state index contributed by atoms with van der Waals surface area (Å²) in [4.78, 5) is 18.5. The van der Waals surface area contributed by atoms with Gasteiger partial charge in [0.2, 0.25) is 5.91 Å². The molecule has 1 aromatic carbocycles. The number of hydrogen-bond acceptors (Lipinski definition) is 3. The summed E-state index contributed by atoms with van der Waals surface area (Å²) in [7, 11) is 1.86. The van der Waals surface area contributed by atoms with E-state index in [1.165, 1.54) is 0 Å². The van der Waals surface area contributed by atoms with Gasteiger partial charge < -0.3 is 9.64 Å². The second-order valence-electron chi connectivity index (χ2n) is 5.68. The van der Waals surface area contributed by atoms with Gasteiger partial charge in [-0.15, -0.1) is 0 Å². The van der Waals surface area contributed by atoms with Crippen LogP contribution >= 0.6 is 0 Å². The monoisotopic (exact) mass is 284 g/mol. The van der Waals surface area contributed by atoms with E-state index in [0.717, 1.165) is 36.1 Å². The minimum Gasteiger partial charge on any atom is -0.381 e. The molecule has 2 heterocycles. The van der Waals surface area contributed by atoms with Crippen LogP contribution in [0.25, 0.3) is 10.9 Å². The summed E-state index contributed by atoms with van der Waals surface area (Å²) in [6.45, 7) is 2.10. The van der Waals surface area contributed by atoms with Crippen molar-refractivity contribution in [2.24, 2.45) is 5.92 Å². The van der Waals surface area contributed by atoms with Crippen LogP contribution in [0.1, 0.15) is 18.4 Å². The van der Waals surface area contributed by atoms with Gasteiger partial charge in [0.15, 0.2) is 0 Å². The van der Waals surface area contributed by atoms with E-state index in [9.17, 15) is 4.79 Å². The van der Waals surface area contributed by atoms with Crippen molar-refractivity contribution in [3.8, 4) is 0 Å². The Kier molecular flexibility index (Phi) is 4.15. The van der Waals surface area contributed by atoms with E-state index in [1.807, 2.05) is 37.4 Å². The molecule has 1 atom stereocenters. The molecule has 4 nitrogen and oxygen atoms in total. The number of pyridine rings is 1. The Balaban J connectivity index is 1.70. The molecule has 0 spiro atoms. The fourth-order valence-corrected chi connectivity index (χ4v) is 2.79. The molecule has 4 heteroatoms. The molecule has 0 N–H and O–H groups in total. The van der Waals surface area contributed by atoms with Crippen molar-refractivity contribution in [2.45, 2.75) is 19.4 Å². The molecule has 0 saturated carbocycles. The number of nitrogens with zero attached hydrogens (tertiary/aromatic N) is 2. The fraction of sp³-hybridized carbons (Fsp3) is 0.412. The highest BCUT2D eigenvalue weighted by Gasteiger charge is 2.21. The summed E-state index contributed by atoms with van der Waals surface area (Å²) in [5.74, 6) is 0.559. The minimum absolute atomic E-state index is 0.179. The van der Waals surface area contributed by atoms with Crippen molar-refractivity contribution >= 4 is 16.8 Å². The molecule has 1 aliphatic rings.